The number of rotatable bonds is 11. The predicted molar refractivity (Wildman–Crippen MR) is 162 cm³/mol. The molecule has 0 unspecified atom stereocenters. The first-order valence-corrected chi connectivity index (χ1v) is 13.0. The summed E-state index contributed by atoms with van der Waals surface area (Å²) in [6, 6.07) is 33.9. The summed E-state index contributed by atoms with van der Waals surface area (Å²) in [6.45, 7) is 0.560. The Bertz CT molecular complexity index is 1350. The number of hydrogen-bond donors (Lipinski definition) is 0. The van der Waals surface area contributed by atoms with Crippen molar-refractivity contribution in [3.05, 3.63) is 132 Å². The highest BCUT2D eigenvalue weighted by Gasteiger charge is 2.19. The van der Waals surface area contributed by atoms with Crippen molar-refractivity contribution >= 4 is 35.3 Å². The first-order valence-electron chi connectivity index (χ1n) is 13.0. The van der Waals surface area contributed by atoms with Gasteiger partial charge in [-0.05, 0) is 48.6 Å². The van der Waals surface area contributed by atoms with Gasteiger partial charge in [0.05, 0.1) is 14.2 Å². The maximum absolute atomic E-state index is 13.5. The van der Waals surface area contributed by atoms with Gasteiger partial charge in [-0.15, -0.1) is 0 Å². The van der Waals surface area contributed by atoms with Crippen LogP contribution in [0.4, 0.5) is 11.4 Å². The van der Waals surface area contributed by atoms with E-state index in [1.165, 1.54) is 12.2 Å². The molecular weight excluding hydrogens is 500 g/mol. The van der Waals surface area contributed by atoms with E-state index in [9.17, 15) is 9.59 Å². The maximum atomic E-state index is 13.5. The number of carbonyl (C=O) groups excluding carboxylic acids is 2. The molecule has 40 heavy (non-hydrogen) atoms. The molecule has 4 aromatic rings. The normalized spacial score (nSPS) is 10.9. The number of ether oxygens (including phenoxy) is 2. The van der Waals surface area contributed by atoms with Gasteiger partial charge >= 0.3 is 0 Å². The molecule has 0 aromatic heterocycles. The van der Waals surface area contributed by atoms with E-state index in [-0.39, 0.29) is 24.9 Å². The third-order valence-corrected chi connectivity index (χ3v) is 6.30. The Morgan fingerprint density at radius 1 is 0.550 bits per heavy atom. The number of amides is 2. The van der Waals surface area contributed by atoms with E-state index in [0.717, 1.165) is 22.5 Å². The van der Waals surface area contributed by atoms with Gasteiger partial charge < -0.3 is 19.3 Å². The molecule has 6 heteroatoms. The van der Waals surface area contributed by atoms with E-state index in [2.05, 4.69) is 0 Å². The van der Waals surface area contributed by atoms with Crippen molar-refractivity contribution in [2.75, 3.05) is 37.1 Å². The average Bonchev–Trinajstić information content (AvgIpc) is 3.02. The van der Waals surface area contributed by atoms with Gasteiger partial charge in [0.1, 0.15) is 11.5 Å². The predicted octanol–water partition coefficient (Wildman–Crippen LogP) is 6.50. The van der Waals surface area contributed by atoms with Gasteiger partial charge in [0.15, 0.2) is 0 Å². The highest BCUT2D eigenvalue weighted by atomic mass is 16.5. The van der Waals surface area contributed by atoms with Gasteiger partial charge in [0.25, 0.3) is 11.8 Å². The third-order valence-electron chi connectivity index (χ3n) is 6.30. The highest BCUT2D eigenvalue weighted by Crippen LogP contribution is 2.22. The average molecular weight is 533 g/mol. The minimum atomic E-state index is -0.206. The Labute approximate surface area is 235 Å². The molecule has 0 fully saturated rings. The first-order chi connectivity index (χ1) is 19.6. The Kier molecular flexibility index (Phi) is 9.89. The molecule has 2 amide bonds. The molecular formula is C34H32N2O4. The van der Waals surface area contributed by atoms with Gasteiger partial charge in [-0.25, -0.2) is 0 Å². The summed E-state index contributed by atoms with van der Waals surface area (Å²) >= 11 is 0. The minimum absolute atomic E-state index is 0.206. The van der Waals surface area contributed by atoms with E-state index >= 15 is 0 Å². The van der Waals surface area contributed by atoms with Crippen LogP contribution in [0.25, 0.3) is 12.2 Å². The van der Waals surface area contributed by atoms with Crippen LogP contribution in [-0.2, 0) is 9.59 Å². The quantitative estimate of drug-likeness (QED) is 0.207. The Balaban J connectivity index is 1.59. The van der Waals surface area contributed by atoms with Gasteiger partial charge in [-0.1, -0.05) is 72.8 Å². The fourth-order valence-electron chi connectivity index (χ4n) is 4.26. The molecule has 202 valence electrons. The minimum Gasteiger partial charge on any atom is -0.496 e. The van der Waals surface area contributed by atoms with Crippen molar-refractivity contribution in [2.24, 2.45) is 0 Å². The Morgan fingerprint density at radius 3 is 1.27 bits per heavy atom. The summed E-state index contributed by atoms with van der Waals surface area (Å²) in [7, 11) is 3.20. The number of para-hydroxylation sites is 4. The molecule has 0 spiro atoms. The molecule has 0 aliphatic carbocycles. The van der Waals surface area contributed by atoms with Crippen molar-refractivity contribution < 1.29 is 19.1 Å². The van der Waals surface area contributed by atoms with Crippen LogP contribution in [0.5, 0.6) is 11.5 Å². The summed E-state index contributed by atoms with van der Waals surface area (Å²) in [5.41, 5.74) is 3.08. The SMILES string of the molecule is COc1ccccc1C=CC(=O)N(CCN(C(=O)C=Cc1ccccc1OC)c1ccccc1)c1ccccc1. The third kappa shape index (κ3) is 7.26. The van der Waals surface area contributed by atoms with Crippen LogP contribution >= 0.6 is 0 Å². The molecule has 0 bridgehead atoms. The molecule has 6 nitrogen and oxygen atoms in total. The zero-order chi connectivity index (χ0) is 28.2. The molecule has 0 aliphatic heterocycles. The van der Waals surface area contributed by atoms with E-state index in [0.29, 0.717) is 11.5 Å². The van der Waals surface area contributed by atoms with Crippen LogP contribution < -0.4 is 19.3 Å². The highest BCUT2D eigenvalue weighted by molar-refractivity contribution is 6.06. The molecule has 0 saturated carbocycles. The Morgan fingerprint density at radius 2 is 0.900 bits per heavy atom. The standard InChI is InChI=1S/C34H32N2O4/c1-39-31-19-11-9-13-27(31)21-23-33(37)35(29-15-5-3-6-16-29)25-26-36(30-17-7-4-8-18-30)34(38)24-22-28-14-10-12-20-32(28)40-2/h3-24H,25-26H2,1-2H3. The fourth-order valence-corrected chi connectivity index (χ4v) is 4.26. The smallest absolute Gasteiger partial charge is 0.251 e. The van der Waals surface area contributed by atoms with Crippen molar-refractivity contribution in [2.45, 2.75) is 0 Å². The van der Waals surface area contributed by atoms with E-state index in [4.69, 9.17) is 9.47 Å². The fraction of sp³-hybridized carbons (Fsp3) is 0.118. The number of benzene rings is 4. The van der Waals surface area contributed by atoms with Crippen LogP contribution in [-0.4, -0.2) is 39.1 Å². The molecule has 0 atom stereocenters. The second-order valence-corrected chi connectivity index (χ2v) is 8.80. The summed E-state index contributed by atoms with van der Waals surface area (Å²) in [5.74, 6) is 0.949. The lowest BCUT2D eigenvalue weighted by molar-refractivity contribution is -0.115. The molecule has 0 radical (unpaired) electrons. The molecule has 0 heterocycles. The number of anilines is 2. The molecule has 0 saturated heterocycles. The lowest BCUT2D eigenvalue weighted by Gasteiger charge is -2.27. The molecule has 4 aromatic carbocycles. The summed E-state index contributed by atoms with van der Waals surface area (Å²) in [6.07, 6.45) is 6.54. The molecule has 4 rings (SSSR count). The monoisotopic (exact) mass is 532 g/mol. The number of hydrogen-bond acceptors (Lipinski definition) is 4. The summed E-state index contributed by atoms with van der Waals surface area (Å²) in [5, 5.41) is 0. The van der Waals surface area contributed by atoms with Crippen molar-refractivity contribution in [3.8, 4) is 11.5 Å². The van der Waals surface area contributed by atoms with Crippen LogP contribution in [0.15, 0.2) is 121 Å². The van der Waals surface area contributed by atoms with Crippen LogP contribution in [0, 0.1) is 0 Å². The van der Waals surface area contributed by atoms with E-state index < -0.39 is 0 Å². The lowest BCUT2D eigenvalue weighted by atomic mass is 10.1. The Hall–Kier alpha value is -5.10. The van der Waals surface area contributed by atoms with Gasteiger partial charge in [0, 0.05) is 47.7 Å². The second kappa shape index (κ2) is 14.2. The van der Waals surface area contributed by atoms with Crippen molar-refractivity contribution in [1.29, 1.82) is 0 Å². The zero-order valence-electron chi connectivity index (χ0n) is 22.6. The molecule has 0 aliphatic rings. The van der Waals surface area contributed by atoms with Crippen molar-refractivity contribution in [1.82, 2.24) is 0 Å². The largest absolute Gasteiger partial charge is 0.496 e. The van der Waals surface area contributed by atoms with Crippen LogP contribution in [0.3, 0.4) is 0 Å². The second-order valence-electron chi connectivity index (χ2n) is 8.80. The topological polar surface area (TPSA) is 59.1 Å². The van der Waals surface area contributed by atoms with Crippen molar-refractivity contribution in [3.63, 3.8) is 0 Å². The first kappa shape index (κ1) is 27.9. The summed E-state index contributed by atoms with van der Waals surface area (Å²) in [4.78, 5) is 30.3. The number of carbonyl (C=O) groups is 2. The van der Waals surface area contributed by atoms with E-state index in [1.807, 2.05) is 109 Å². The van der Waals surface area contributed by atoms with Crippen LogP contribution in [0.1, 0.15) is 11.1 Å². The van der Waals surface area contributed by atoms with Gasteiger partial charge in [-0.3, -0.25) is 9.59 Å². The van der Waals surface area contributed by atoms with Gasteiger partial charge in [-0.2, -0.15) is 0 Å². The maximum Gasteiger partial charge on any atom is 0.251 e. The zero-order valence-corrected chi connectivity index (χ0v) is 22.6. The molecule has 0 N–H and O–H groups in total. The number of methoxy groups -OCH3 is 2. The number of nitrogens with zero attached hydrogens (tertiary/aromatic N) is 2. The van der Waals surface area contributed by atoms with Crippen LogP contribution in [0.2, 0.25) is 0 Å². The van der Waals surface area contributed by atoms with E-state index in [1.54, 1.807) is 36.2 Å². The van der Waals surface area contributed by atoms with Gasteiger partial charge in [0.2, 0.25) is 0 Å². The lowest BCUT2D eigenvalue weighted by Crippen LogP contribution is -2.40. The summed E-state index contributed by atoms with van der Waals surface area (Å²) < 4.78 is 10.8.